The van der Waals surface area contributed by atoms with Crippen molar-refractivity contribution in [2.24, 2.45) is 9.98 Å². The Hall–Kier alpha value is -3.60. The van der Waals surface area contributed by atoms with E-state index in [9.17, 15) is 0 Å². The smallest absolute Gasteiger partial charge is 0.163 e. The van der Waals surface area contributed by atoms with Crippen LogP contribution in [0.25, 0.3) is 17.1 Å². The Balaban J connectivity index is 2.02. The van der Waals surface area contributed by atoms with Crippen LogP contribution >= 0.6 is 0 Å². The van der Waals surface area contributed by atoms with Crippen molar-refractivity contribution in [3.05, 3.63) is 83.9 Å². The Morgan fingerprint density at radius 2 is 1.84 bits per heavy atom. The van der Waals surface area contributed by atoms with Gasteiger partial charge in [-0.1, -0.05) is 24.3 Å². The van der Waals surface area contributed by atoms with Gasteiger partial charge < -0.3 is 4.74 Å². The first-order chi connectivity index (χ1) is 12.4. The summed E-state index contributed by atoms with van der Waals surface area (Å²) in [7, 11) is 0. The number of ether oxygens (including phenoxy) is 1. The molecule has 0 saturated carbocycles. The Kier molecular flexibility index (Phi) is 4.12. The monoisotopic (exact) mass is 326 g/mol. The maximum atomic E-state index is 5.63. The maximum Gasteiger partial charge on any atom is 0.163 e. The first-order valence-corrected chi connectivity index (χ1v) is 7.80. The molecule has 3 aromatic rings. The van der Waals surface area contributed by atoms with Crippen LogP contribution in [0.2, 0.25) is 0 Å². The fourth-order valence-electron chi connectivity index (χ4n) is 2.45. The van der Waals surface area contributed by atoms with Crippen molar-refractivity contribution in [1.82, 2.24) is 9.97 Å². The highest BCUT2D eigenvalue weighted by Crippen LogP contribution is 2.25. The van der Waals surface area contributed by atoms with E-state index in [1.807, 2.05) is 54.6 Å². The Labute approximate surface area is 144 Å². The highest BCUT2D eigenvalue weighted by Gasteiger charge is 2.04. The molecule has 2 bridgehead atoms. The number of hydrogen-bond acceptors (Lipinski definition) is 5. The SMILES string of the molecule is C1=CC=NC=c2ccccc2=Nc2ncnc3ccc(cc23)OC=C1. The molecule has 2 aromatic carbocycles. The lowest BCUT2D eigenvalue weighted by Crippen LogP contribution is -2.23. The molecule has 0 aliphatic carbocycles. The minimum absolute atomic E-state index is 0.595. The summed E-state index contributed by atoms with van der Waals surface area (Å²) in [6.07, 6.45) is 12.1. The van der Waals surface area contributed by atoms with E-state index in [1.165, 1.54) is 6.33 Å². The van der Waals surface area contributed by atoms with Crippen LogP contribution in [-0.4, -0.2) is 16.2 Å². The molecule has 1 aliphatic heterocycles. The van der Waals surface area contributed by atoms with Gasteiger partial charge in [-0.25, -0.2) is 15.0 Å². The summed E-state index contributed by atoms with van der Waals surface area (Å²) in [6, 6.07) is 13.5. The van der Waals surface area contributed by atoms with Crippen LogP contribution in [0.5, 0.6) is 5.75 Å². The van der Waals surface area contributed by atoms with E-state index < -0.39 is 0 Å². The molecular weight excluding hydrogens is 312 g/mol. The van der Waals surface area contributed by atoms with Crippen molar-refractivity contribution in [1.29, 1.82) is 0 Å². The van der Waals surface area contributed by atoms with Crippen molar-refractivity contribution in [2.45, 2.75) is 0 Å². The van der Waals surface area contributed by atoms with Crippen LogP contribution in [0.15, 0.2) is 83.3 Å². The van der Waals surface area contributed by atoms with Gasteiger partial charge >= 0.3 is 0 Å². The summed E-state index contributed by atoms with van der Waals surface area (Å²) in [5, 5.41) is 2.54. The van der Waals surface area contributed by atoms with Crippen molar-refractivity contribution in [3.63, 3.8) is 0 Å². The molecule has 1 aromatic heterocycles. The van der Waals surface area contributed by atoms with Gasteiger partial charge in [0.05, 0.1) is 17.1 Å². The second kappa shape index (κ2) is 6.88. The summed E-state index contributed by atoms with van der Waals surface area (Å²) in [5.41, 5.74) is 0.814. The maximum absolute atomic E-state index is 5.63. The quantitative estimate of drug-likeness (QED) is 0.638. The molecule has 0 unspecified atom stereocenters. The molecule has 2 heterocycles. The van der Waals surface area contributed by atoms with Gasteiger partial charge in [-0.2, -0.15) is 0 Å². The summed E-state index contributed by atoms with van der Waals surface area (Å²) in [5.74, 6) is 1.30. The summed E-state index contributed by atoms with van der Waals surface area (Å²) < 4.78 is 5.63. The lowest BCUT2D eigenvalue weighted by atomic mass is 10.2. The van der Waals surface area contributed by atoms with E-state index >= 15 is 0 Å². The van der Waals surface area contributed by atoms with E-state index in [1.54, 1.807) is 24.8 Å². The number of nitrogens with zero attached hydrogens (tertiary/aromatic N) is 4. The van der Waals surface area contributed by atoms with E-state index in [4.69, 9.17) is 9.73 Å². The number of para-hydroxylation sites is 1. The molecule has 0 amide bonds. The molecule has 0 N–H and O–H groups in total. The zero-order valence-electron chi connectivity index (χ0n) is 13.3. The number of rotatable bonds is 0. The van der Waals surface area contributed by atoms with Gasteiger partial charge in [0.1, 0.15) is 12.1 Å². The van der Waals surface area contributed by atoms with Crippen LogP contribution in [0.4, 0.5) is 5.82 Å². The molecule has 120 valence electrons. The van der Waals surface area contributed by atoms with Gasteiger partial charge in [-0.05, 0) is 36.4 Å². The third-order valence-corrected chi connectivity index (χ3v) is 3.64. The lowest BCUT2D eigenvalue weighted by molar-refractivity contribution is 0.482. The predicted molar refractivity (Wildman–Crippen MR) is 98.3 cm³/mol. The predicted octanol–water partition coefficient (Wildman–Crippen LogP) is 2.85. The molecule has 0 atom stereocenters. The summed E-state index contributed by atoms with van der Waals surface area (Å²) in [4.78, 5) is 17.7. The minimum atomic E-state index is 0.595. The van der Waals surface area contributed by atoms with Crippen LogP contribution in [0, 0.1) is 0 Å². The van der Waals surface area contributed by atoms with Gasteiger partial charge in [0.15, 0.2) is 5.82 Å². The zero-order chi connectivity index (χ0) is 16.9. The van der Waals surface area contributed by atoms with Gasteiger partial charge in [0.25, 0.3) is 0 Å². The number of hydrogen-bond donors (Lipinski definition) is 0. The van der Waals surface area contributed by atoms with Crippen molar-refractivity contribution in [2.75, 3.05) is 0 Å². The number of aromatic nitrogens is 2. The number of allylic oxidation sites excluding steroid dienone is 3. The van der Waals surface area contributed by atoms with Crippen LogP contribution < -0.4 is 15.3 Å². The zero-order valence-corrected chi connectivity index (χ0v) is 13.3. The average Bonchev–Trinajstić information content (AvgIpc) is 2.65. The highest BCUT2D eigenvalue weighted by atomic mass is 16.5. The van der Waals surface area contributed by atoms with Gasteiger partial charge in [0, 0.05) is 23.0 Å². The lowest BCUT2D eigenvalue weighted by Gasteiger charge is -2.04. The Morgan fingerprint density at radius 1 is 0.880 bits per heavy atom. The standard InChI is InChI=1S/C20H14N4O/c1-4-10-21-13-15-6-2-3-7-18(15)24-20-17-12-16(25-11-5-1)8-9-19(17)22-14-23-20/h1-14H. The van der Waals surface area contributed by atoms with Crippen molar-refractivity contribution >= 4 is 29.1 Å². The molecule has 5 nitrogen and oxygen atoms in total. The Bertz CT molecular complexity index is 1130. The number of benzene rings is 2. The normalized spacial score (nSPS) is 13.3. The van der Waals surface area contributed by atoms with Crippen LogP contribution in [0.3, 0.4) is 0 Å². The van der Waals surface area contributed by atoms with Crippen LogP contribution in [0.1, 0.15) is 0 Å². The topological polar surface area (TPSA) is 59.7 Å². The van der Waals surface area contributed by atoms with E-state index in [2.05, 4.69) is 15.0 Å². The third kappa shape index (κ3) is 3.35. The average molecular weight is 326 g/mol. The van der Waals surface area contributed by atoms with E-state index in [0.717, 1.165) is 21.5 Å². The molecule has 0 radical (unpaired) electrons. The van der Waals surface area contributed by atoms with Crippen LogP contribution in [-0.2, 0) is 0 Å². The second-order valence-electron chi connectivity index (χ2n) is 5.31. The number of aliphatic imine (C=N–C) groups is 1. The Morgan fingerprint density at radius 3 is 2.84 bits per heavy atom. The third-order valence-electron chi connectivity index (χ3n) is 3.64. The molecule has 0 fully saturated rings. The molecule has 4 rings (SSSR count). The molecule has 1 aliphatic rings. The second-order valence-corrected chi connectivity index (χ2v) is 5.31. The molecule has 5 heteroatoms. The molecule has 0 spiro atoms. The number of fused-ring (bicyclic) bond motifs is 2. The van der Waals surface area contributed by atoms with Crippen molar-refractivity contribution in [3.8, 4) is 5.75 Å². The van der Waals surface area contributed by atoms with Gasteiger partial charge in [-0.3, -0.25) is 4.99 Å². The van der Waals surface area contributed by atoms with Gasteiger partial charge in [-0.15, -0.1) is 0 Å². The fourth-order valence-corrected chi connectivity index (χ4v) is 2.45. The fraction of sp³-hybridized carbons (Fsp3) is 0. The van der Waals surface area contributed by atoms with E-state index in [0.29, 0.717) is 11.6 Å². The van der Waals surface area contributed by atoms with Gasteiger partial charge in [0.2, 0.25) is 0 Å². The summed E-state index contributed by atoms with van der Waals surface area (Å²) >= 11 is 0. The molecule has 0 saturated heterocycles. The molecule has 25 heavy (non-hydrogen) atoms. The molecular formula is C20H14N4O. The van der Waals surface area contributed by atoms with Crippen molar-refractivity contribution < 1.29 is 4.74 Å². The first-order valence-electron chi connectivity index (χ1n) is 7.80. The first kappa shape index (κ1) is 15.0. The summed E-state index contributed by atoms with van der Waals surface area (Å²) in [6.45, 7) is 0. The van der Waals surface area contributed by atoms with E-state index in [-0.39, 0.29) is 0 Å². The minimum Gasteiger partial charge on any atom is -0.465 e. The largest absolute Gasteiger partial charge is 0.465 e. The highest BCUT2D eigenvalue weighted by molar-refractivity contribution is 5.88.